The highest BCUT2D eigenvalue weighted by Crippen LogP contribution is 2.32. The van der Waals surface area contributed by atoms with Crippen LogP contribution in [0.15, 0.2) is 89.3 Å². The van der Waals surface area contributed by atoms with Gasteiger partial charge in [0.05, 0.1) is 5.25 Å². The molecule has 0 aliphatic carbocycles. The topological polar surface area (TPSA) is 66.9 Å². The maximum atomic E-state index is 12.8. The molecule has 1 aromatic heterocycles. The minimum absolute atomic E-state index is 0.0730. The van der Waals surface area contributed by atoms with Gasteiger partial charge in [0, 0.05) is 16.9 Å². The van der Waals surface area contributed by atoms with E-state index in [1.807, 2.05) is 91.9 Å². The predicted octanol–water partition coefficient (Wildman–Crippen LogP) is 6.07. The van der Waals surface area contributed by atoms with E-state index in [0.717, 1.165) is 26.8 Å². The summed E-state index contributed by atoms with van der Waals surface area (Å²) in [7, 11) is 0. The zero-order chi connectivity index (χ0) is 20.8. The van der Waals surface area contributed by atoms with Gasteiger partial charge in [0.15, 0.2) is 4.34 Å². The van der Waals surface area contributed by atoms with Crippen LogP contribution in [0, 0.1) is 0 Å². The van der Waals surface area contributed by atoms with E-state index in [1.165, 1.54) is 23.1 Å². The molecule has 3 aromatic carbocycles. The summed E-state index contributed by atoms with van der Waals surface area (Å²) in [6.07, 6.45) is 0. The third-order valence-electron chi connectivity index (χ3n) is 4.35. The Hall–Kier alpha value is -3.16. The quantitative estimate of drug-likeness (QED) is 0.347. The fraction of sp³-hybridized carbons (Fsp3) is 0.0870. The Kier molecular flexibility index (Phi) is 6.41. The van der Waals surface area contributed by atoms with E-state index >= 15 is 0 Å². The number of aromatic nitrogens is 2. The number of anilines is 3. The van der Waals surface area contributed by atoms with Crippen molar-refractivity contribution in [3.63, 3.8) is 0 Å². The summed E-state index contributed by atoms with van der Waals surface area (Å²) < 4.78 is 0.743. The second kappa shape index (κ2) is 9.56. The largest absolute Gasteiger partial charge is 0.330 e. The van der Waals surface area contributed by atoms with E-state index in [-0.39, 0.29) is 11.2 Å². The lowest BCUT2D eigenvalue weighted by atomic mass is 10.0. The highest BCUT2D eigenvalue weighted by Gasteiger charge is 2.18. The molecule has 0 aliphatic rings. The Morgan fingerprint density at radius 1 is 0.900 bits per heavy atom. The van der Waals surface area contributed by atoms with Gasteiger partial charge in [0.25, 0.3) is 0 Å². The van der Waals surface area contributed by atoms with Gasteiger partial charge in [-0.25, -0.2) is 0 Å². The molecule has 1 heterocycles. The molecule has 0 aliphatic heterocycles. The molecule has 4 rings (SSSR count). The monoisotopic (exact) mass is 432 g/mol. The maximum absolute atomic E-state index is 12.8. The summed E-state index contributed by atoms with van der Waals surface area (Å²) in [5.41, 5.74) is 3.81. The SMILES string of the molecule is C[C@@H](Sc1nnc(Nc2ccccc2)s1)C(=O)Nc1ccccc1-c1ccccc1. The Morgan fingerprint density at radius 3 is 2.33 bits per heavy atom. The second-order valence-electron chi connectivity index (χ2n) is 6.53. The van der Waals surface area contributed by atoms with Crippen LogP contribution in [-0.4, -0.2) is 21.4 Å². The summed E-state index contributed by atoms with van der Waals surface area (Å²) in [6, 6.07) is 27.7. The summed E-state index contributed by atoms with van der Waals surface area (Å²) >= 11 is 2.83. The van der Waals surface area contributed by atoms with Crippen molar-refractivity contribution >= 4 is 45.5 Å². The predicted molar refractivity (Wildman–Crippen MR) is 125 cm³/mol. The number of rotatable bonds is 7. The van der Waals surface area contributed by atoms with Crippen molar-refractivity contribution in [2.24, 2.45) is 0 Å². The number of carbonyl (C=O) groups is 1. The number of amides is 1. The highest BCUT2D eigenvalue weighted by molar-refractivity contribution is 8.02. The number of para-hydroxylation sites is 2. The minimum atomic E-state index is -0.314. The van der Waals surface area contributed by atoms with E-state index in [1.54, 1.807) is 0 Å². The van der Waals surface area contributed by atoms with Gasteiger partial charge in [0.1, 0.15) is 0 Å². The number of benzene rings is 3. The Morgan fingerprint density at radius 2 is 1.57 bits per heavy atom. The standard InChI is InChI=1S/C23H20N4OS2/c1-16(29-23-27-26-22(30-23)24-18-12-6-3-7-13-18)21(28)25-20-15-9-8-14-19(20)17-10-4-2-5-11-17/h2-16H,1H3,(H,24,26)(H,25,28)/t16-/m1/s1. The first-order valence-electron chi connectivity index (χ1n) is 9.46. The van der Waals surface area contributed by atoms with E-state index in [0.29, 0.717) is 5.13 Å². The van der Waals surface area contributed by atoms with Crippen LogP contribution in [0.3, 0.4) is 0 Å². The smallest absolute Gasteiger partial charge is 0.237 e. The van der Waals surface area contributed by atoms with Crippen molar-refractivity contribution in [2.45, 2.75) is 16.5 Å². The van der Waals surface area contributed by atoms with Gasteiger partial charge in [-0.15, -0.1) is 10.2 Å². The van der Waals surface area contributed by atoms with Crippen LogP contribution in [0.5, 0.6) is 0 Å². The van der Waals surface area contributed by atoms with Crippen LogP contribution in [0.25, 0.3) is 11.1 Å². The molecule has 1 amide bonds. The lowest BCUT2D eigenvalue weighted by molar-refractivity contribution is -0.115. The number of carbonyl (C=O) groups excluding carboxylic acids is 1. The molecule has 7 heteroatoms. The zero-order valence-electron chi connectivity index (χ0n) is 16.3. The molecule has 1 atom stereocenters. The average Bonchev–Trinajstić information content (AvgIpc) is 3.22. The first-order valence-corrected chi connectivity index (χ1v) is 11.2. The van der Waals surface area contributed by atoms with Crippen LogP contribution in [0.2, 0.25) is 0 Å². The van der Waals surface area contributed by atoms with Crippen molar-refractivity contribution < 1.29 is 4.79 Å². The molecule has 2 N–H and O–H groups in total. The lowest BCUT2D eigenvalue weighted by Crippen LogP contribution is -2.22. The van der Waals surface area contributed by atoms with E-state index in [4.69, 9.17) is 0 Å². The van der Waals surface area contributed by atoms with Crippen LogP contribution in [0.1, 0.15) is 6.92 Å². The van der Waals surface area contributed by atoms with Gasteiger partial charge in [-0.2, -0.15) is 0 Å². The van der Waals surface area contributed by atoms with Gasteiger partial charge >= 0.3 is 0 Å². The summed E-state index contributed by atoms with van der Waals surface area (Å²) in [5.74, 6) is -0.0730. The van der Waals surface area contributed by atoms with Gasteiger partial charge < -0.3 is 10.6 Å². The van der Waals surface area contributed by atoms with Gasteiger partial charge in [0.2, 0.25) is 11.0 Å². The van der Waals surface area contributed by atoms with Crippen LogP contribution >= 0.6 is 23.1 Å². The van der Waals surface area contributed by atoms with Gasteiger partial charge in [-0.3, -0.25) is 4.79 Å². The molecule has 0 radical (unpaired) electrons. The van der Waals surface area contributed by atoms with Crippen molar-refractivity contribution in [1.82, 2.24) is 10.2 Å². The summed E-state index contributed by atoms with van der Waals surface area (Å²) in [5, 5.41) is 15.0. The summed E-state index contributed by atoms with van der Waals surface area (Å²) in [6.45, 7) is 1.87. The van der Waals surface area contributed by atoms with E-state index in [9.17, 15) is 4.79 Å². The molecule has 0 spiro atoms. The molecule has 5 nitrogen and oxygen atoms in total. The van der Waals surface area contributed by atoms with Crippen molar-refractivity contribution in [2.75, 3.05) is 10.6 Å². The number of hydrogen-bond donors (Lipinski definition) is 2. The molecule has 4 aromatic rings. The Balaban J connectivity index is 1.41. The third kappa shape index (κ3) is 5.06. The van der Waals surface area contributed by atoms with Crippen LogP contribution in [0.4, 0.5) is 16.5 Å². The molecular formula is C23H20N4OS2. The number of thioether (sulfide) groups is 1. The first-order chi connectivity index (χ1) is 14.7. The molecule has 0 saturated carbocycles. The lowest BCUT2D eigenvalue weighted by Gasteiger charge is -2.14. The van der Waals surface area contributed by atoms with Crippen molar-refractivity contribution in [3.8, 4) is 11.1 Å². The molecule has 0 fully saturated rings. The Labute approximate surface area is 183 Å². The fourth-order valence-corrected chi connectivity index (χ4v) is 4.77. The minimum Gasteiger partial charge on any atom is -0.330 e. The molecule has 30 heavy (non-hydrogen) atoms. The van der Waals surface area contributed by atoms with Crippen molar-refractivity contribution in [1.29, 1.82) is 0 Å². The molecule has 0 bridgehead atoms. The number of nitrogens with zero attached hydrogens (tertiary/aromatic N) is 2. The van der Waals surface area contributed by atoms with Crippen LogP contribution < -0.4 is 10.6 Å². The zero-order valence-corrected chi connectivity index (χ0v) is 17.9. The summed E-state index contributed by atoms with van der Waals surface area (Å²) in [4.78, 5) is 12.8. The number of hydrogen-bond acceptors (Lipinski definition) is 6. The maximum Gasteiger partial charge on any atom is 0.237 e. The van der Waals surface area contributed by atoms with E-state index < -0.39 is 0 Å². The third-order valence-corrected chi connectivity index (χ3v) is 6.37. The normalized spacial score (nSPS) is 11.6. The highest BCUT2D eigenvalue weighted by atomic mass is 32.2. The number of nitrogens with one attached hydrogen (secondary N) is 2. The van der Waals surface area contributed by atoms with Crippen molar-refractivity contribution in [3.05, 3.63) is 84.9 Å². The van der Waals surface area contributed by atoms with E-state index in [2.05, 4.69) is 20.8 Å². The van der Waals surface area contributed by atoms with Gasteiger partial charge in [-0.1, -0.05) is 89.8 Å². The molecule has 150 valence electrons. The molecule has 0 unspecified atom stereocenters. The first kappa shape index (κ1) is 20.1. The molecule has 0 saturated heterocycles. The second-order valence-corrected chi connectivity index (χ2v) is 9.09. The molecular weight excluding hydrogens is 412 g/mol. The average molecular weight is 433 g/mol. The Bertz CT molecular complexity index is 1120. The fourth-order valence-electron chi connectivity index (χ4n) is 2.85. The van der Waals surface area contributed by atoms with Crippen LogP contribution in [-0.2, 0) is 4.79 Å². The van der Waals surface area contributed by atoms with Gasteiger partial charge in [-0.05, 0) is 30.7 Å².